The van der Waals surface area contributed by atoms with Gasteiger partial charge in [-0.15, -0.1) is 0 Å². The van der Waals surface area contributed by atoms with Crippen LogP contribution in [0.3, 0.4) is 0 Å². The van der Waals surface area contributed by atoms with Gasteiger partial charge < -0.3 is 31.5 Å². The summed E-state index contributed by atoms with van der Waals surface area (Å²) in [4.78, 5) is 0. The molecule has 0 spiro atoms. The van der Waals surface area contributed by atoms with Gasteiger partial charge in [-0.25, -0.2) is 4.58 Å². The van der Waals surface area contributed by atoms with Crippen molar-refractivity contribution in [3.63, 3.8) is 0 Å². The predicted octanol–water partition coefficient (Wildman–Crippen LogP) is 4.02. The number of nitrogens with zero attached hydrogens (tertiary/aromatic N) is 1. The van der Waals surface area contributed by atoms with Gasteiger partial charge in [-0.2, -0.15) is 0 Å². The molecule has 9 heteroatoms. The van der Waals surface area contributed by atoms with Crippen molar-refractivity contribution in [3.05, 3.63) is 53.9 Å². The number of hydrogen-bond donors (Lipinski definition) is 0. The second-order valence-electron chi connectivity index (χ2n) is 6.65. The molecule has 3 aromatic carbocycles. The normalized spacial score (nSPS) is 14.3. The summed E-state index contributed by atoms with van der Waals surface area (Å²) in [6.07, 6.45) is 0. The third-order valence-electron chi connectivity index (χ3n) is 4.75. The maximum atomic E-state index is 9.75. The number of morpholine rings is 1. The second kappa shape index (κ2) is 9.34. The lowest BCUT2D eigenvalue weighted by molar-refractivity contribution is 0.0971. The van der Waals surface area contributed by atoms with Gasteiger partial charge in [0, 0.05) is 0 Å². The molecule has 0 amide bonds. The van der Waals surface area contributed by atoms with E-state index in [1.807, 2.05) is 24.3 Å². The van der Waals surface area contributed by atoms with E-state index in [0.717, 1.165) is 37.8 Å². The Morgan fingerprint density at radius 2 is 1.10 bits per heavy atom. The van der Waals surface area contributed by atoms with Gasteiger partial charge in [-0.05, 0) is 35.4 Å². The number of benzene rings is 2. The van der Waals surface area contributed by atoms with E-state index in [1.54, 1.807) is 14.2 Å². The van der Waals surface area contributed by atoms with Crippen LogP contribution in [0.2, 0.25) is 0 Å². The molecule has 30 heavy (non-hydrogen) atoms. The summed E-state index contributed by atoms with van der Waals surface area (Å²) in [5, 5.41) is 1.35. The van der Waals surface area contributed by atoms with Crippen molar-refractivity contribution in [2.45, 2.75) is 0 Å². The average Bonchev–Trinajstić information content (AvgIpc) is 3.49. The third kappa shape index (κ3) is 5.63. The summed E-state index contributed by atoms with van der Waals surface area (Å²) in [6.45, 7) is 3.45. The number of methoxy groups -OCH3 is 2. The zero-order valence-corrected chi connectivity index (χ0v) is 16.7. The summed E-state index contributed by atoms with van der Waals surface area (Å²) in [5.41, 5.74) is 5.12. The first kappa shape index (κ1) is 21.9. The molecule has 160 valence electrons. The molecule has 0 bridgehead atoms. The zero-order chi connectivity index (χ0) is 21.7. The highest BCUT2D eigenvalue weighted by Gasteiger charge is 2.32. The van der Waals surface area contributed by atoms with Crippen molar-refractivity contribution < 1.29 is 31.5 Å². The first-order valence-corrected chi connectivity index (χ1v) is 9.42. The summed E-state index contributed by atoms with van der Waals surface area (Å²) in [7, 11) is -2.61. The Hall–Kier alpha value is -2.81. The maximum Gasteiger partial charge on any atom is 0.673 e. The molecule has 0 saturated carbocycles. The molecule has 1 aliphatic rings. The Morgan fingerprint density at radius 1 is 0.733 bits per heavy atom. The van der Waals surface area contributed by atoms with Gasteiger partial charge in [0.1, 0.15) is 24.7 Å². The molecule has 1 heterocycles. The monoisotopic (exact) mass is 423 g/mol. The largest absolute Gasteiger partial charge is 0.673 e. The number of rotatable bonds is 4. The highest BCUT2D eigenvalue weighted by Crippen LogP contribution is 2.36. The first-order chi connectivity index (χ1) is 14.3. The van der Waals surface area contributed by atoms with Crippen LogP contribution in [0.4, 0.5) is 17.3 Å². The van der Waals surface area contributed by atoms with E-state index in [0.29, 0.717) is 0 Å². The van der Waals surface area contributed by atoms with E-state index in [4.69, 9.17) is 14.2 Å². The van der Waals surface area contributed by atoms with Crippen molar-refractivity contribution in [2.24, 2.45) is 0 Å². The Kier molecular flexibility index (Phi) is 6.82. The van der Waals surface area contributed by atoms with Crippen LogP contribution in [0.25, 0.3) is 22.3 Å². The smallest absolute Gasteiger partial charge is 0.497 e. The van der Waals surface area contributed by atoms with Crippen LogP contribution < -0.4 is 19.4 Å². The van der Waals surface area contributed by atoms with Crippen LogP contribution in [0.5, 0.6) is 11.5 Å². The molecule has 1 fully saturated rings. The minimum Gasteiger partial charge on any atom is -0.497 e. The first-order valence-electron chi connectivity index (χ1n) is 9.42. The molecule has 0 N–H and O–H groups in total. The van der Waals surface area contributed by atoms with Gasteiger partial charge in [-0.3, -0.25) is 0 Å². The Bertz CT molecular complexity index is 914. The van der Waals surface area contributed by atoms with Crippen LogP contribution >= 0.6 is 0 Å². The summed E-state index contributed by atoms with van der Waals surface area (Å²) in [6, 6.07) is 16.6. The fourth-order valence-electron chi connectivity index (χ4n) is 3.36. The molecule has 4 rings (SSSR count). The minimum absolute atomic E-state index is 0.787. The fraction of sp³-hybridized carbons (Fsp3) is 0.286. The maximum absolute atomic E-state index is 9.75. The van der Waals surface area contributed by atoms with Crippen molar-refractivity contribution in [1.82, 2.24) is 4.58 Å². The molecule has 3 aromatic rings. The molecule has 0 radical (unpaired) electrons. The molecule has 0 atom stereocenters. The lowest BCUT2D eigenvalue weighted by Gasteiger charge is -2.09. The topological polar surface area (TPSA) is 30.7 Å². The molecular weight excluding hydrogens is 401 g/mol. The SMILES string of the molecule is COc1ccc(-c2c(-c3ccc(OC)cc3)c2=[N+]2CCOCC2)cc1.F[B-](F)(F)F. The molecule has 0 aromatic heterocycles. The predicted molar refractivity (Wildman–Crippen MR) is 109 cm³/mol. The van der Waals surface area contributed by atoms with E-state index < -0.39 is 7.25 Å². The molecule has 1 saturated heterocycles. The highest BCUT2D eigenvalue weighted by molar-refractivity contribution is 6.50. The Labute approximate surface area is 172 Å². The van der Waals surface area contributed by atoms with Gasteiger partial charge in [-0.1, -0.05) is 24.3 Å². The van der Waals surface area contributed by atoms with Crippen molar-refractivity contribution >= 4 is 7.25 Å². The molecular formula is C21H22BF4NO3. The fourth-order valence-corrected chi connectivity index (χ4v) is 3.36. The summed E-state index contributed by atoms with van der Waals surface area (Å²) < 4.78 is 57.5. The van der Waals surface area contributed by atoms with Crippen LogP contribution in [0, 0.1) is 0 Å². The molecule has 0 aliphatic carbocycles. The van der Waals surface area contributed by atoms with Crippen LogP contribution in [-0.2, 0) is 4.74 Å². The summed E-state index contributed by atoms with van der Waals surface area (Å²) in [5.74, 6) is 1.76. The van der Waals surface area contributed by atoms with E-state index in [2.05, 4.69) is 28.8 Å². The molecule has 0 unspecified atom stereocenters. The quantitative estimate of drug-likeness (QED) is 0.361. The Balaban J connectivity index is 0.000000461. The highest BCUT2D eigenvalue weighted by atomic mass is 19.5. The lowest BCUT2D eigenvalue weighted by atomic mass is 10.1. The van der Waals surface area contributed by atoms with Crippen LogP contribution in [0.15, 0.2) is 48.5 Å². The van der Waals surface area contributed by atoms with Crippen molar-refractivity contribution in [1.29, 1.82) is 0 Å². The zero-order valence-electron chi connectivity index (χ0n) is 16.7. The average molecular weight is 423 g/mol. The van der Waals surface area contributed by atoms with E-state index >= 15 is 0 Å². The number of halogens is 4. The van der Waals surface area contributed by atoms with Gasteiger partial charge in [0.25, 0.3) is 0 Å². The number of ether oxygens (including phenoxy) is 3. The van der Waals surface area contributed by atoms with E-state index in [1.165, 1.54) is 27.6 Å². The molecule has 4 nitrogen and oxygen atoms in total. The Morgan fingerprint density at radius 3 is 1.43 bits per heavy atom. The van der Waals surface area contributed by atoms with Crippen molar-refractivity contribution in [3.8, 4) is 33.8 Å². The number of hydrogen-bond acceptors (Lipinski definition) is 3. The van der Waals surface area contributed by atoms with Gasteiger partial charge in [0.05, 0.1) is 25.3 Å². The van der Waals surface area contributed by atoms with Crippen LogP contribution in [-0.4, -0.2) is 47.8 Å². The van der Waals surface area contributed by atoms with Crippen LogP contribution in [0.1, 0.15) is 0 Å². The lowest BCUT2D eigenvalue weighted by Crippen LogP contribution is -2.37. The minimum atomic E-state index is -6.00. The van der Waals surface area contributed by atoms with Crippen molar-refractivity contribution in [2.75, 3.05) is 40.5 Å². The molecule has 1 aliphatic heterocycles. The van der Waals surface area contributed by atoms with E-state index in [-0.39, 0.29) is 0 Å². The van der Waals surface area contributed by atoms with Gasteiger partial charge in [0.15, 0.2) is 13.1 Å². The van der Waals surface area contributed by atoms with Gasteiger partial charge in [0.2, 0.25) is 5.36 Å². The summed E-state index contributed by atoms with van der Waals surface area (Å²) >= 11 is 0. The van der Waals surface area contributed by atoms with Gasteiger partial charge >= 0.3 is 7.25 Å². The van der Waals surface area contributed by atoms with E-state index in [9.17, 15) is 17.3 Å². The third-order valence-corrected chi connectivity index (χ3v) is 4.75. The standard InChI is InChI=1S/C21H22NO3.BF4/c1-23-17-7-3-15(4-8-17)19-20(16-5-9-18(24-2)10-6-16)21(19)22-11-13-25-14-12-22;2-1(3,4)5/h3-10H,11-14H2,1-2H3;/q+1;-1. The second-order valence-corrected chi connectivity index (χ2v) is 6.65.